The first-order chi connectivity index (χ1) is 9.13. The minimum absolute atomic E-state index is 0.438. The molecule has 0 radical (unpaired) electrons. The summed E-state index contributed by atoms with van der Waals surface area (Å²) in [5.74, 6) is 1.47. The number of ether oxygens (including phenoxy) is 2. The number of rotatable bonds is 3. The van der Waals surface area contributed by atoms with E-state index in [-0.39, 0.29) is 0 Å². The van der Waals surface area contributed by atoms with Crippen LogP contribution >= 0.6 is 15.9 Å². The van der Waals surface area contributed by atoms with Gasteiger partial charge in [0.25, 0.3) is 0 Å². The number of nitrogens with zero attached hydrogens (tertiary/aromatic N) is 1. The van der Waals surface area contributed by atoms with Crippen molar-refractivity contribution in [1.82, 2.24) is 0 Å². The molecule has 0 amide bonds. The largest absolute Gasteiger partial charge is 0.493 e. The fourth-order valence-electron chi connectivity index (χ4n) is 1.56. The maximum atomic E-state index is 9.07. The Hall–Kier alpha value is -2.19. The highest BCUT2D eigenvalue weighted by molar-refractivity contribution is 9.10. The number of benzene rings is 2. The second-order valence-electron chi connectivity index (χ2n) is 3.76. The Morgan fingerprint density at radius 1 is 1.11 bits per heavy atom. The maximum absolute atomic E-state index is 9.07. The predicted molar refractivity (Wildman–Crippen MR) is 76.3 cm³/mol. The van der Waals surface area contributed by atoms with E-state index >= 15 is 0 Å². The second-order valence-corrected chi connectivity index (χ2v) is 4.68. The molecule has 2 N–H and O–H groups in total. The van der Waals surface area contributed by atoms with Crippen LogP contribution in [0.25, 0.3) is 0 Å². The molecule has 0 atom stereocenters. The molecule has 5 heteroatoms. The molecule has 0 fully saturated rings. The highest BCUT2D eigenvalue weighted by Crippen LogP contribution is 2.35. The zero-order valence-corrected chi connectivity index (χ0v) is 11.8. The van der Waals surface area contributed by atoms with E-state index in [1.54, 1.807) is 43.5 Å². The third kappa shape index (κ3) is 2.98. The topological polar surface area (TPSA) is 68.3 Å². The molecule has 2 rings (SSSR count). The number of nitriles is 1. The average Bonchev–Trinajstić information content (AvgIpc) is 2.39. The van der Waals surface area contributed by atoms with Crippen molar-refractivity contribution in [2.75, 3.05) is 12.8 Å². The lowest BCUT2D eigenvalue weighted by Gasteiger charge is -2.12. The highest BCUT2D eigenvalue weighted by atomic mass is 79.9. The van der Waals surface area contributed by atoms with Crippen LogP contribution in [0, 0.1) is 11.3 Å². The minimum Gasteiger partial charge on any atom is -0.493 e. The van der Waals surface area contributed by atoms with E-state index < -0.39 is 0 Å². The Bertz CT molecular complexity index is 650. The number of anilines is 1. The van der Waals surface area contributed by atoms with E-state index in [0.717, 1.165) is 4.47 Å². The van der Waals surface area contributed by atoms with E-state index in [1.165, 1.54) is 0 Å². The quantitative estimate of drug-likeness (QED) is 0.876. The molecule has 96 valence electrons. The summed E-state index contributed by atoms with van der Waals surface area (Å²) in [5.41, 5.74) is 6.72. The molecule has 0 unspecified atom stereocenters. The molecule has 0 heterocycles. The molecular weight excluding hydrogens is 308 g/mol. The number of nitrogen functional groups attached to an aromatic ring is 1. The van der Waals surface area contributed by atoms with E-state index in [2.05, 4.69) is 22.0 Å². The third-order valence-corrected chi connectivity index (χ3v) is 2.96. The lowest BCUT2D eigenvalue weighted by molar-refractivity contribution is 0.378. The van der Waals surface area contributed by atoms with E-state index in [9.17, 15) is 0 Å². The fourth-order valence-corrected chi connectivity index (χ4v) is 1.90. The monoisotopic (exact) mass is 318 g/mol. The van der Waals surface area contributed by atoms with Crippen LogP contribution < -0.4 is 15.2 Å². The molecule has 0 aliphatic carbocycles. The van der Waals surface area contributed by atoms with Crippen LogP contribution in [0.3, 0.4) is 0 Å². The SMILES string of the molecule is COc1ccc(N)cc1Oc1cc(Br)ccc1C#N. The summed E-state index contributed by atoms with van der Waals surface area (Å²) in [4.78, 5) is 0. The summed E-state index contributed by atoms with van der Waals surface area (Å²) < 4.78 is 11.8. The number of hydrogen-bond acceptors (Lipinski definition) is 4. The maximum Gasteiger partial charge on any atom is 0.171 e. The molecule has 0 aliphatic rings. The lowest BCUT2D eigenvalue weighted by atomic mass is 10.2. The van der Waals surface area contributed by atoms with Gasteiger partial charge in [0.15, 0.2) is 11.5 Å². The summed E-state index contributed by atoms with van der Waals surface area (Å²) in [6.45, 7) is 0. The Morgan fingerprint density at radius 3 is 2.58 bits per heavy atom. The first-order valence-electron chi connectivity index (χ1n) is 5.45. The Morgan fingerprint density at radius 2 is 1.89 bits per heavy atom. The number of methoxy groups -OCH3 is 1. The summed E-state index contributed by atoms with van der Waals surface area (Å²) in [6, 6.07) is 12.3. The highest BCUT2D eigenvalue weighted by Gasteiger charge is 2.10. The van der Waals surface area contributed by atoms with Crippen LogP contribution in [0.15, 0.2) is 40.9 Å². The Balaban J connectivity index is 2.44. The van der Waals surface area contributed by atoms with Crippen LogP contribution in [0.4, 0.5) is 5.69 Å². The second kappa shape index (κ2) is 5.63. The molecule has 0 aromatic heterocycles. The Labute approximate surface area is 119 Å². The van der Waals surface area contributed by atoms with E-state index in [4.69, 9.17) is 20.5 Å². The zero-order valence-electron chi connectivity index (χ0n) is 10.2. The zero-order chi connectivity index (χ0) is 13.8. The minimum atomic E-state index is 0.438. The third-order valence-electron chi connectivity index (χ3n) is 2.47. The molecule has 0 saturated heterocycles. The van der Waals surface area contributed by atoms with Crippen molar-refractivity contribution in [3.05, 3.63) is 46.4 Å². The van der Waals surface area contributed by atoms with Crippen LogP contribution in [0.1, 0.15) is 5.56 Å². The van der Waals surface area contributed by atoms with Gasteiger partial charge in [-0.2, -0.15) is 5.26 Å². The van der Waals surface area contributed by atoms with Gasteiger partial charge >= 0.3 is 0 Å². The van der Waals surface area contributed by atoms with Gasteiger partial charge in [0, 0.05) is 16.2 Å². The average molecular weight is 319 g/mol. The number of hydrogen-bond donors (Lipinski definition) is 1. The molecule has 2 aromatic carbocycles. The molecule has 0 saturated carbocycles. The van der Waals surface area contributed by atoms with Crippen LogP contribution in [0.2, 0.25) is 0 Å². The summed E-state index contributed by atoms with van der Waals surface area (Å²) in [7, 11) is 1.55. The van der Waals surface area contributed by atoms with E-state index in [0.29, 0.717) is 28.5 Å². The van der Waals surface area contributed by atoms with Gasteiger partial charge < -0.3 is 15.2 Å². The number of halogens is 1. The first kappa shape index (κ1) is 13.2. The standard InChI is InChI=1S/C14H11BrN2O2/c1-18-12-5-4-11(17)7-14(12)19-13-6-10(15)3-2-9(13)8-16/h2-7H,17H2,1H3. The van der Waals surface area contributed by atoms with E-state index in [1.807, 2.05) is 0 Å². The van der Waals surface area contributed by atoms with Gasteiger partial charge in [-0.05, 0) is 30.3 Å². The van der Waals surface area contributed by atoms with Gasteiger partial charge in [-0.25, -0.2) is 0 Å². The predicted octanol–water partition coefficient (Wildman–Crippen LogP) is 3.70. The van der Waals surface area contributed by atoms with Gasteiger partial charge in [-0.3, -0.25) is 0 Å². The van der Waals surface area contributed by atoms with Gasteiger partial charge in [-0.15, -0.1) is 0 Å². The molecular formula is C14H11BrN2O2. The summed E-state index contributed by atoms with van der Waals surface area (Å²) in [6.07, 6.45) is 0. The molecule has 19 heavy (non-hydrogen) atoms. The molecule has 0 bridgehead atoms. The van der Waals surface area contributed by atoms with Crippen LogP contribution in [-0.2, 0) is 0 Å². The van der Waals surface area contributed by atoms with Crippen molar-refractivity contribution < 1.29 is 9.47 Å². The lowest BCUT2D eigenvalue weighted by Crippen LogP contribution is -1.94. The van der Waals surface area contributed by atoms with Gasteiger partial charge in [0.2, 0.25) is 0 Å². The van der Waals surface area contributed by atoms with Crippen molar-refractivity contribution in [3.8, 4) is 23.3 Å². The molecule has 0 aliphatic heterocycles. The van der Waals surface area contributed by atoms with Crippen LogP contribution in [0.5, 0.6) is 17.2 Å². The van der Waals surface area contributed by atoms with Gasteiger partial charge in [0.1, 0.15) is 11.8 Å². The van der Waals surface area contributed by atoms with Crippen molar-refractivity contribution in [2.45, 2.75) is 0 Å². The number of nitrogens with two attached hydrogens (primary N) is 1. The van der Waals surface area contributed by atoms with Crippen molar-refractivity contribution in [3.63, 3.8) is 0 Å². The molecule has 0 spiro atoms. The first-order valence-corrected chi connectivity index (χ1v) is 6.24. The normalized spacial score (nSPS) is 9.74. The fraction of sp³-hybridized carbons (Fsp3) is 0.0714. The van der Waals surface area contributed by atoms with Crippen LogP contribution in [-0.4, -0.2) is 7.11 Å². The smallest absolute Gasteiger partial charge is 0.171 e. The van der Waals surface area contributed by atoms with Crippen molar-refractivity contribution >= 4 is 21.6 Å². The van der Waals surface area contributed by atoms with Crippen molar-refractivity contribution in [2.24, 2.45) is 0 Å². The summed E-state index contributed by atoms with van der Waals surface area (Å²) in [5, 5.41) is 9.07. The molecule has 4 nitrogen and oxygen atoms in total. The summed E-state index contributed by atoms with van der Waals surface area (Å²) >= 11 is 3.34. The van der Waals surface area contributed by atoms with Gasteiger partial charge in [-0.1, -0.05) is 15.9 Å². The Kier molecular flexibility index (Phi) is 3.93. The van der Waals surface area contributed by atoms with Gasteiger partial charge in [0.05, 0.1) is 12.7 Å². The molecule has 2 aromatic rings. The van der Waals surface area contributed by atoms with Crippen molar-refractivity contribution in [1.29, 1.82) is 5.26 Å².